The van der Waals surface area contributed by atoms with Crippen LogP contribution in [0.5, 0.6) is 5.75 Å². The Hall–Kier alpha value is -2.95. The lowest BCUT2D eigenvalue weighted by atomic mass is 10.1. The SMILES string of the molecule is CC(C)(C)OC(=O)c1c(OS(=O)(=O)C(F)(F)F)csc1CC(=O)c1cc2c(o1)C=C[C+]=C2. The fraction of sp³-hybridized carbons (Fsp3) is 0.300. The van der Waals surface area contributed by atoms with E-state index in [1.165, 1.54) is 26.8 Å². The van der Waals surface area contributed by atoms with Crippen LogP contribution in [-0.2, 0) is 21.3 Å². The summed E-state index contributed by atoms with van der Waals surface area (Å²) in [5.74, 6) is -2.21. The van der Waals surface area contributed by atoms with Crippen molar-refractivity contribution in [1.29, 1.82) is 0 Å². The number of fused-ring (bicyclic) bond motifs is 1. The normalized spacial score (nSPS) is 13.4. The van der Waals surface area contributed by atoms with E-state index < -0.39 is 50.7 Å². The highest BCUT2D eigenvalue weighted by Gasteiger charge is 2.49. The molecule has 0 aromatic carbocycles. The summed E-state index contributed by atoms with van der Waals surface area (Å²) in [6, 6.07) is 1.46. The Morgan fingerprint density at radius 3 is 2.50 bits per heavy atom. The van der Waals surface area contributed by atoms with Gasteiger partial charge in [-0.3, -0.25) is 4.79 Å². The Kier molecular flexibility index (Phi) is 6.07. The summed E-state index contributed by atoms with van der Waals surface area (Å²) in [6.45, 7) is 4.54. The molecule has 7 nitrogen and oxygen atoms in total. The van der Waals surface area contributed by atoms with Gasteiger partial charge in [0.05, 0.1) is 12.1 Å². The summed E-state index contributed by atoms with van der Waals surface area (Å²) in [5, 5.41) is 0.902. The first kappa shape index (κ1) is 23.7. The molecule has 12 heteroatoms. The quantitative estimate of drug-likeness (QED) is 0.189. The average Bonchev–Trinajstić information content (AvgIpc) is 3.23. The molecule has 0 radical (unpaired) electrons. The Balaban J connectivity index is 1.96. The zero-order valence-electron chi connectivity index (χ0n) is 16.9. The van der Waals surface area contributed by atoms with Crippen LogP contribution >= 0.6 is 11.3 Å². The summed E-state index contributed by atoms with van der Waals surface area (Å²) in [5.41, 5.74) is -6.72. The predicted molar refractivity (Wildman–Crippen MR) is 109 cm³/mol. The molecule has 0 aliphatic heterocycles. The second-order valence-corrected chi connectivity index (χ2v) is 10.1. The zero-order chi connectivity index (χ0) is 23.9. The van der Waals surface area contributed by atoms with E-state index in [1.807, 2.05) is 0 Å². The van der Waals surface area contributed by atoms with Crippen LogP contribution < -0.4 is 4.18 Å². The van der Waals surface area contributed by atoms with Gasteiger partial charge in [-0.05, 0) is 20.8 Å². The number of halogens is 3. The Labute approximate surface area is 185 Å². The number of carbonyl (C=O) groups is 2. The summed E-state index contributed by atoms with van der Waals surface area (Å²) in [4.78, 5) is 25.3. The number of thiophene rings is 1. The lowest BCUT2D eigenvalue weighted by molar-refractivity contribution is -0.0501. The highest BCUT2D eigenvalue weighted by atomic mass is 32.2. The second-order valence-electron chi connectivity index (χ2n) is 7.56. The lowest BCUT2D eigenvalue weighted by Crippen LogP contribution is -2.29. The third kappa shape index (κ3) is 5.09. The molecule has 0 unspecified atom stereocenters. The molecule has 2 heterocycles. The van der Waals surface area contributed by atoms with Gasteiger partial charge in [0.25, 0.3) is 0 Å². The van der Waals surface area contributed by atoms with E-state index >= 15 is 0 Å². The number of rotatable bonds is 6. The zero-order valence-corrected chi connectivity index (χ0v) is 18.5. The number of hydrogen-bond donors (Lipinski definition) is 0. The van der Waals surface area contributed by atoms with Crippen molar-refractivity contribution in [1.82, 2.24) is 0 Å². The number of carbonyl (C=O) groups excluding carboxylic acids is 2. The summed E-state index contributed by atoms with van der Waals surface area (Å²) in [7, 11) is -6.04. The summed E-state index contributed by atoms with van der Waals surface area (Å²) < 4.78 is 76.0. The molecule has 3 rings (SSSR count). The van der Waals surface area contributed by atoms with Gasteiger partial charge in [0.2, 0.25) is 11.5 Å². The fourth-order valence-electron chi connectivity index (χ4n) is 2.57. The van der Waals surface area contributed by atoms with E-state index in [1.54, 1.807) is 18.2 Å². The van der Waals surface area contributed by atoms with Gasteiger partial charge < -0.3 is 13.3 Å². The Bertz CT molecular complexity index is 1190. The van der Waals surface area contributed by atoms with Crippen LogP contribution in [0.25, 0.3) is 12.2 Å². The van der Waals surface area contributed by atoms with Crippen LogP contribution in [0.2, 0.25) is 0 Å². The van der Waals surface area contributed by atoms with Crippen molar-refractivity contribution in [3.63, 3.8) is 0 Å². The molecule has 0 saturated carbocycles. The number of furan rings is 1. The van der Waals surface area contributed by atoms with Gasteiger partial charge >= 0.3 is 21.6 Å². The van der Waals surface area contributed by atoms with E-state index in [0.717, 1.165) is 5.38 Å². The minimum Gasteiger partial charge on any atom is -0.456 e. The van der Waals surface area contributed by atoms with Gasteiger partial charge in [0.1, 0.15) is 28.9 Å². The number of ketones is 1. The molecule has 0 bridgehead atoms. The molecule has 0 amide bonds. The van der Waals surface area contributed by atoms with Crippen LogP contribution in [0.3, 0.4) is 0 Å². The largest absolute Gasteiger partial charge is 0.534 e. The van der Waals surface area contributed by atoms with Gasteiger partial charge in [0.15, 0.2) is 11.5 Å². The van der Waals surface area contributed by atoms with E-state index in [-0.39, 0.29) is 10.6 Å². The van der Waals surface area contributed by atoms with Crippen molar-refractivity contribution < 1.29 is 44.5 Å². The molecule has 170 valence electrons. The highest BCUT2D eigenvalue weighted by Crippen LogP contribution is 2.36. The van der Waals surface area contributed by atoms with Crippen LogP contribution in [0.4, 0.5) is 13.2 Å². The minimum absolute atomic E-state index is 0.0383. The summed E-state index contributed by atoms with van der Waals surface area (Å²) in [6.07, 6.45) is 7.14. The monoisotopic (exact) mass is 489 g/mol. The number of esters is 1. The molecular formula is C20H16F3O7S2+. The van der Waals surface area contributed by atoms with Crippen LogP contribution in [0.15, 0.2) is 21.9 Å². The van der Waals surface area contributed by atoms with E-state index in [4.69, 9.17) is 9.15 Å². The minimum atomic E-state index is -6.04. The summed E-state index contributed by atoms with van der Waals surface area (Å²) >= 11 is 0.685. The molecule has 32 heavy (non-hydrogen) atoms. The van der Waals surface area contributed by atoms with Crippen molar-refractivity contribution in [2.24, 2.45) is 0 Å². The number of Topliss-reactive ketones (excluding diaryl/α,β-unsaturated/α-hetero) is 1. The third-order valence-electron chi connectivity index (χ3n) is 3.88. The van der Waals surface area contributed by atoms with Crippen LogP contribution in [0, 0.1) is 6.08 Å². The molecule has 0 spiro atoms. The first-order valence-corrected chi connectivity index (χ1v) is 11.2. The van der Waals surface area contributed by atoms with Gasteiger partial charge in [-0.15, -0.1) is 11.3 Å². The molecule has 1 aliphatic carbocycles. The second kappa shape index (κ2) is 8.19. The average molecular weight is 489 g/mol. The van der Waals surface area contributed by atoms with Crippen molar-refractivity contribution in [3.05, 3.63) is 51.1 Å². The first-order chi connectivity index (χ1) is 14.7. The standard InChI is InChI=1S/C20H16F3O7S2/c1-19(2,3)29-18(25)17-15(30-32(26,27)20(21,22)23)10-31-16(17)9-12(24)14-8-11-6-4-5-7-13(11)28-14/h5-8,10H,9H2,1-3H3/q+1. The van der Waals surface area contributed by atoms with E-state index in [0.29, 0.717) is 22.7 Å². The fourth-order valence-corrected chi connectivity index (χ4v) is 4.03. The number of ether oxygens (including phenoxy) is 1. The Morgan fingerprint density at radius 2 is 1.91 bits per heavy atom. The molecule has 0 N–H and O–H groups in total. The topological polar surface area (TPSA) is 99.9 Å². The smallest absolute Gasteiger partial charge is 0.456 e. The molecule has 0 saturated heterocycles. The maximum atomic E-state index is 12.8. The molecule has 0 fully saturated rings. The first-order valence-electron chi connectivity index (χ1n) is 8.95. The van der Waals surface area contributed by atoms with Crippen molar-refractivity contribution in [3.8, 4) is 5.75 Å². The molecular weight excluding hydrogens is 473 g/mol. The van der Waals surface area contributed by atoms with Crippen molar-refractivity contribution in [2.75, 3.05) is 0 Å². The molecule has 0 atom stereocenters. The van der Waals surface area contributed by atoms with E-state index in [2.05, 4.69) is 10.3 Å². The van der Waals surface area contributed by atoms with Crippen LogP contribution in [-0.4, -0.2) is 31.3 Å². The lowest BCUT2D eigenvalue weighted by Gasteiger charge is -2.20. The van der Waals surface area contributed by atoms with Gasteiger partial charge in [-0.25, -0.2) is 4.79 Å². The molecule has 1 aliphatic rings. The van der Waals surface area contributed by atoms with Crippen molar-refractivity contribution in [2.45, 2.75) is 38.3 Å². The maximum absolute atomic E-state index is 12.8. The van der Waals surface area contributed by atoms with Gasteiger partial charge in [-0.1, -0.05) is 0 Å². The number of hydrogen-bond acceptors (Lipinski definition) is 8. The number of alkyl halides is 3. The number of allylic oxidation sites excluding steroid dienone is 2. The van der Waals surface area contributed by atoms with Crippen LogP contribution in [0.1, 0.15) is 57.9 Å². The van der Waals surface area contributed by atoms with Gasteiger partial charge in [0, 0.05) is 22.8 Å². The highest BCUT2D eigenvalue weighted by molar-refractivity contribution is 7.88. The van der Waals surface area contributed by atoms with E-state index in [9.17, 15) is 31.2 Å². The maximum Gasteiger partial charge on any atom is 0.534 e. The third-order valence-corrected chi connectivity index (χ3v) is 5.81. The predicted octanol–water partition coefficient (Wildman–Crippen LogP) is 4.79. The van der Waals surface area contributed by atoms with Crippen molar-refractivity contribution >= 4 is 45.4 Å². The van der Waals surface area contributed by atoms with Gasteiger partial charge in [-0.2, -0.15) is 21.6 Å². The molecule has 2 aromatic rings. The molecule has 2 aromatic heterocycles. The Morgan fingerprint density at radius 1 is 1.22 bits per heavy atom.